The fourth-order valence-corrected chi connectivity index (χ4v) is 4.43. The molecule has 2 unspecified atom stereocenters. The lowest BCUT2D eigenvalue weighted by atomic mass is 9.90. The van der Waals surface area contributed by atoms with Crippen LogP contribution in [-0.2, 0) is 4.74 Å². The largest absolute Gasteiger partial charge is 0.491 e. The van der Waals surface area contributed by atoms with Gasteiger partial charge in [0.1, 0.15) is 24.3 Å². The molecule has 2 aliphatic carbocycles. The van der Waals surface area contributed by atoms with E-state index in [1.807, 2.05) is 6.08 Å². The first-order valence-electron chi connectivity index (χ1n) is 9.98. The van der Waals surface area contributed by atoms with Gasteiger partial charge in [0.15, 0.2) is 0 Å². The Kier molecular flexibility index (Phi) is 7.43. The van der Waals surface area contributed by atoms with Crippen molar-refractivity contribution in [1.29, 1.82) is 5.26 Å². The minimum atomic E-state index is -0.796. The van der Waals surface area contributed by atoms with E-state index >= 15 is 0 Å². The Morgan fingerprint density at radius 1 is 1.25 bits per heavy atom. The zero-order chi connectivity index (χ0) is 19.9. The minimum absolute atomic E-state index is 0.0122. The first-order valence-corrected chi connectivity index (χ1v) is 9.98. The molecule has 0 bridgehead atoms. The molecule has 5 nitrogen and oxygen atoms in total. The summed E-state index contributed by atoms with van der Waals surface area (Å²) in [7, 11) is 0. The quantitative estimate of drug-likeness (QED) is 0.501. The van der Waals surface area contributed by atoms with Crippen LogP contribution in [0.15, 0.2) is 36.4 Å². The summed E-state index contributed by atoms with van der Waals surface area (Å²) < 4.78 is 24.2. The van der Waals surface area contributed by atoms with E-state index in [2.05, 4.69) is 6.07 Å². The normalized spacial score (nSPS) is 30.3. The third kappa shape index (κ3) is 5.54. The molecule has 152 valence electrons. The molecule has 6 heteroatoms. The van der Waals surface area contributed by atoms with Crippen molar-refractivity contribution in [3.8, 4) is 11.8 Å². The monoisotopic (exact) mass is 389 g/mol. The molecule has 2 saturated carbocycles. The van der Waals surface area contributed by atoms with Gasteiger partial charge < -0.3 is 19.7 Å². The van der Waals surface area contributed by atoms with Gasteiger partial charge in [0, 0.05) is 18.9 Å². The van der Waals surface area contributed by atoms with Gasteiger partial charge in [0.2, 0.25) is 0 Å². The molecular formula is C22H28FNO4. The van der Waals surface area contributed by atoms with Crippen LogP contribution in [0.2, 0.25) is 0 Å². The molecule has 0 aliphatic heterocycles. The molecule has 2 fully saturated rings. The summed E-state index contributed by atoms with van der Waals surface area (Å²) in [4.78, 5) is 0. The third-order valence-corrected chi connectivity index (χ3v) is 5.77. The van der Waals surface area contributed by atoms with Crippen LogP contribution in [-0.4, -0.2) is 41.7 Å². The number of nitriles is 1. The van der Waals surface area contributed by atoms with Crippen LogP contribution in [0.5, 0.6) is 5.75 Å². The molecule has 3 rings (SSSR count). The first kappa shape index (κ1) is 20.8. The maximum Gasteiger partial charge on any atom is 0.123 e. The van der Waals surface area contributed by atoms with Crippen molar-refractivity contribution in [3.63, 3.8) is 0 Å². The Balaban J connectivity index is 1.46. The number of benzene rings is 1. The van der Waals surface area contributed by atoms with Crippen molar-refractivity contribution in [3.05, 3.63) is 42.2 Å². The number of unbranched alkanes of at least 4 members (excludes halogenated alkanes) is 1. The van der Waals surface area contributed by atoms with E-state index < -0.39 is 12.2 Å². The Morgan fingerprint density at radius 3 is 2.79 bits per heavy atom. The highest BCUT2D eigenvalue weighted by atomic mass is 19.1. The van der Waals surface area contributed by atoms with Gasteiger partial charge in [0.25, 0.3) is 0 Å². The Bertz CT molecular complexity index is 687. The van der Waals surface area contributed by atoms with Crippen LogP contribution in [0.25, 0.3) is 0 Å². The van der Waals surface area contributed by atoms with E-state index in [9.17, 15) is 14.6 Å². The molecule has 0 aromatic heterocycles. The van der Waals surface area contributed by atoms with Gasteiger partial charge in [-0.2, -0.15) is 5.26 Å². The lowest BCUT2D eigenvalue weighted by Crippen LogP contribution is -2.21. The average Bonchev–Trinajstić information content (AvgIpc) is 3.19. The van der Waals surface area contributed by atoms with Crippen LogP contribution in [0.3, 0.4) is 0 Å². The van der Waals surface area contributed by atoms with E-state index in [4.69, 9.17) is 14.7 Å². The van der Waals surface area contributed by atoms with Crippen molar-refractivity contribution in [2.45, 2.75) is 50.4 Å². The van der Waals surface area contributed by atoms with Crippen LogP contribution < -0.4 is 4.74 Å². The van der Waals surface area contributed by atoms with Crippen LogP contribution in [0, 0.1) is 34.9 Å². The number of hydrogen-bond donors (Lipinski definition) is 2. The van der Waals surface area contributed by atoms with E-state index in [0.29, 0.717) is 30.6 Å². The summed E-state index contributed by atoms with van der Waals surface area (Å²) in [6.45, 7) is 0.684. The van der Waals surface area contributed by atoms with Gasteiger partial charge >= 0.3 is 0 Å². The summed E-state index contributed by atoms with van der Waals surface area (Å²) in [5.41, 5.74) is 0. The topological polar surface area (TPSA) is 82.7 Å². The van der Waals surface area contributed by atoms with Crippen LogP contribution in [0.1, 0.15) is 32.1 Å². The predicted molar refractivity (Wildman–Crippen MR) is 102 cm³/mol. The Morgan fingerprint density at radius 2 is 2.04 bits per heavy atom. The molecule has 0 heterocycles. The fourth-order valence-electron chi connectivity index (χ4n) is 4.43. The molecule has 1 aromatic carbocycles. The van der Waals surface area contributed by atoms with E-state index in [0.717, 1.165) is 25.7 Å². The first-order chi connectivity index (χ1) is 13.6. The number of rotatable bonds is 9. The van der Waals surface area contributed by atoms with Crippen molar-refractivity contribution in [2.24, 2.45) is 17.8 Å². The smallest absolute Gasteiger partial charge is 0.123 e. The highest BCUT2D eigenvalue weighted by Gasteiger charge is 2.47. The molecule has 0 saturated heterocycles. The van der Waals surface area contributed by atoms with E-state index in [-0.39, 0.29) is 24.4 Å². The molecule has 2 N–H and O–H groups in total. The molecule has 6 atom stereocenters. The number of aliphatic hydroxyl groups excluding tert-OH is 2. The highest BCUT2D eigenvalue weighted by Crippen LogP contribution is 2.49. The van der Waals surface area contributed by atoms with E-state index in [1.54, 1.807) is 6.08 Å². The maximum absolute atomic E-state index is 12.9. The van der Waals surface area contributed by atoms with Crippen molar-refractivity contribution in [1.82, 2.24) is 0 Å². The zero-order valence-electron chi connectivity index (χ0n) is 15.9. The number of halogens is 1. The molecule has 28 heavy (non-hydrogen) atoms. The summed E-state index contributed by atoms with van der Waals surface area (Å²) in [5.74, 6) is 0.984. The van der Waals surface area contributed by atoms with Crippen LogP contribution in [0.4, 0.5) is 4.39 Å². The number of fused-ring (bicyclic) bond motifs is 1. The summed E-state index contributed by atoms with van der Waals surface area (Å²) >= 11 is 0. The lowest BCUT2D eigenvalue weighted by molar-refractivity contribution is 0.0426. The molecule has 0 amide bonds. The minimum Gasteiger partial charge on any atom is -0.491 e. The van der Waals surface area contributed by atoms with Crippen molar-refractivity contribution in [2.75, 3.05) is 13.2 Å². The van der Waals surface area contributed by atoms with Crippen molar-refractivity contribution >= 4 is 0 Å². The summed E-state index contributed by atoms with van der Waals surface area (Å²) in [6, 6.07) is 7.79. The number of nitrogens with zero attached hydrogens (tertiary/aromatic N) is 1. The van der Waals surface area contributed by atoms with Gasteiger partial charge in [-0.05, 0) is 61.8 Å². The molecule has 1 aromatic rings. The van der Waals surface area contributed by atoms with Crippen LogP contribution >= 0.6 is 0 Å². The van der Waals surface area contributed by atoms with Gasteiger partial charge in [0.05, 0.1) is 18.3 Å². The Hall–Kier alpha value is -1.94. The molecule has 2 aliphatic rings. The van der Waals surface area contributed by atoms with Gasteiger partial charge in [-0.15, -0.1) is 0 Å². The molecule has 0 radical (unpaired) electrons. The van der Waals surface area contributed by atoms with E-state index in [1.165, 1.54) is 24.3 Å². The molecule has 0 spiro atoms. The average molecular weight is 389 g/mol. The summed E-state index contributed by atoms with van der Waals surface area (Å²) in [5, 5.41) is 29.1. The second-order valence-corrected chi connectivity index (χ2v) is 7.75. The zero-order valence-corrected chi connectivity index (χ0v) is 15.9. The summed E-state index contributed by atoms with van der Waals surface area (Å²) in [6.07, 6.45) is 6.50. The fraction of sp³-hybridized carbons (Fsp3) is 0.591. The molecular weight excluding hydrogens is 361 g/mol. The second kappa shape index (κ2) is 10.0. The SMILES string of the molecule is N#CCCCOC1C[C@H]2C[C@H](O)[C@@H](C=CC(O)COc3ccc(F)cc3)[C@@H]2C1. The third-order valence-electron chi connectivity index (χ3n) is 5.77. The Labute approximate surface area is 165 Å². The number of aliphatic hydroxyl groups is 2. The highest BCUT2D eigenvalue weighted by molar-refractivity contribution is 5.22. The van der Waals surface area contributed by atoms with Gasteiger partial charge in [-0.25, -0.2) is 4.39 Å². The predicted octanol–water partition coefficient (Wildman–Crippen LogP) is 3.22. The second-order valence-electron chi connectivity index (χ2n) is 7.75. The van der Waals surface area contributed by atoms with Crippen molar-refractivity contribution < 1.29 is 24.1 Å². The lowest BCUT2D eigenvalue weighted by Gasteiger charge is -2.19. The van der Waals surface area contributed by atoms with Gasteiger partial charge in [-0.3, -0.25) is 0 Å². The van der Waals surface area contributed by atoms with Gasteiger partial charge in [-0.1, -0.05) is 12.2 Å². The number of ether oxygens (including phenoxy) is 2. The number of hydrogen-bond acceptors (Lipinski definition) is 5. The standard InChI is InChI=1S/C22H28FNO4/c23-16-3-6-18(7-4-16)28-14-17(25)5-8-20-21-13-19(27-10-2-1-9-24)11-15(21)12-22(20)26/h3-8,15,17,19-22,25-26H,1-2,10-14H2/t15-,17?,19?,20-,21+,22-/m0/s1. The maximum atomic E-state index is 12.9.